The second-order valence-corrected chi connectivity index (χ2v) is 20.3. The van der Waals surface area contributed by atoms with E-state index in [2.05, 4.69) is 45.0 Å². The molecule has 0 N–H and O–H groups in total. The Morgan fingerprint density at radius 3 is 1.73 bits per heavy atom. The molecule has 0 aromatic heterocycles. The Labute approximate surface area is 349 Å². The fourth-order valence-corrected chi connectivity index (χ4v) is 13.1. The first-order chi connectivity index (χ1) is 28.2. The number of carbonyl (C=O) groups is 3. The SMILES string of the molecule is CCC1(C(=O)OC)O[C@@H](O[C@H]2C(CO[Si](c3ccccc3)(c3ccccc3)C(C)(C)C)O[C@@H](OC(C)=O)C(OCc3ccccc3)[C@H]2OC(C)=O)C(OC)[C@@H](OC)[C@H]1C. The van der Waals surface area contributed by atoms with E-state index in [0.29, 0.717) is 0 Å². The van der Waals surface area contributed by atoms with Gasteiger partial charge in [0.05, 0.1) is 26.4 Å². The first-order valence-electron chi connectivity index (χ1n) is 20.0. The topological polar surface area (TPSA) is 144 Å². The highest BCUT2D eigenvalue weighted by Gasteiger charge is 2.61. The lowest BCUT2D eigenvalue weighted by Crippen LogP contribution is -2.70. The quantitative estimate of drug-likeness (QED) is 0.107. The van der Waals surface area contributed by atoms with Crippen molar-refractivity contribution >= 4 is 36.6 Å². The maximum Gasteiger partial charge on any atom is 0.338 e. The largest absolute Gasteiger partial charge is 0.467 e. The van der Waals surface area contributed by atoms with Gasteiger partial charge in [0.2, 0.25) is 6.29 Å². The number of benzene rings is 3. The Morgan fingerprint density at radius 2 is 1.25 bits per heavy atom. The number of esters is 3. The van der Waals surface area contributed by atoms with Crippen LogP contribution in [0.25, 0.3) is 0 Å². The van der Waals surface area contributed by atoms with E-state index in [1.807, 2.05) is 80.6 Å². The Kier molecular flexibility index (Phi) is 15.7. The molecule has 2 aliphatic rings. The van der Waals surface area contributed by atoms with Crippen molar-refractivity contribution in [3.05, 3.63) is 96.6 Å². The Morgan fingerprint density at radius 1 is 0.712 bits per heavy atom. The van der Waals surface area contributed by atoms with Gasteiger partial charge in [-0.05, 0) is 27.4 Å². The molecule has 2 saturated heterocycles. The number of ether oxygens (including phenoxy) is 9. The number of rotatable bonds is 16. The van der Waals surface area contributed by atoms with Crippen molar-refractivity contribution in [1.29, 1.82) is 0 Å². The van der Waals surface area contributed by atoms with Crippen molar-refractivity contribution in [1.82, 2.24) is 0 Å². The smallest absolute Gasteiger partial charge is 0.338 e. The highest BCUT2D eigenvalue weighted by atomic mass is 28.4. The number of carbonyl (C=O) groups excluding carboxylic acids is 3. The molecule has 3 aromatic rings. The minimum absolute atomic E-state index is 0.0471. The lowest BCUT2D eigenvalue weighted by Gasteiger charge is -2.52. The molecule has 59 heavy (non-hydrogen) atoms. The zero-order chi connectivity index (χ0) is 43.0. The van der Waals surface area contributed by atoms with E-state index in [9.17, 15) is 14.4 Å². The average Bonchev–Trinajstić information content (AvgIpc) is 3.22. The summed E-state index contributed by atoms with van der Waals surface area (Å²) >= 11 is 0. The Balaban J connectivity index is 1.67. The van der Waals surface area contributed by atoms with Gasteiger partial charge >= 0.3 is 17.9 Å². The zero-order valence-corrected chi connectivity index (χ0v) is 36.8. The lowest BCUT2D eigenvalue weighted by molar-refractivity contribution is -0.368. The highest BCUT2D eigenvalue weighted by Crippen LogP contribution is 2.43. The van der Waals surface area contributed by atoms with Crippen molar-refractivity contribution in [2.24, 2.45) is 5.92 Å². The molecule has 2 heterocycles. The van der Waals surface area contributed by atoms with Crippen molar-refractivity contribution in [3.63, 3.8) is 0 Å². The van der Waals surface area contributed by atoms with E-state index in [-0.39, 0.29) is 19.6 Å². The Bertz CT molecular complexity index is 1770. The summed E-state index contributed by atoms with van der Waals surface area (Å²) in [6, 6.07) is 29.5. The molecule has 0 radical (unpaired) electrons. The van der Waals surface area contributed by atoms with E-state index in [0.717, 1.165) is 15.9 Å². The molecule has 3 aromatic carbocycles. The number of hydrogen-bond donors (Lipinski definition) is 0. The van der Waals surface area contributed by atoms with Gasteiger partial charge in [-0.3, -0.25) is 9.59 Å². The molecule has 0 aliphatic carbocycles. The van der Waals surface area contributed by atoms with Crippen LogP contribution in [-0.4, -0.2) is 109 Å². The molecule has 2 aliphatic heterocycles. The first-order valence-corrected chi connectivity index (χ1v) is 22.0. The predicted molar refractivity (Wildman–Crippen MR) is 220 cm³/mol. The summed E-state index contributed by atoms with van der Waals surface area (Å²) in [5, 5.41) is 1.60. The maximum atomic E-state index is 13.6. The summed E-state index contributed by atoms with van der Waals surface area (Å²) in [6.45, 7) is 12.5. The fourth-order valence-electron chi connectivity index (χ4n) is 8.56. The van der Waals surface area contributed by atoms with Crippen LogP contribution in [0.15, 0.2) is 91.0 Å². The van der Waals surface area contributed by atoms with Gasteiger partial charge in [0, 0.05) is 34.0 Å². The van der Waals surface area contributed by atoms with Gasteiger partial charge in [-0.2, -0.15) is 0 Å². The number of methoxy groups -OCH3 is 3. The summed E-state index contributed by atoms with van der Waals surface area (Å²) in [7, 11) is 1.10. The van der Waals surface area contributed by atoms with Crippen molar-refractivity contribution in [2.45, 2.75) is 121 Å². The van der Waals surface area contributed by atoms with Gasteiger partial charge in [-0.25, -0.2) is 4.79 Å². The molecule has 4 unspecified atom stereocenters. The minimum atomic E-state index is -3.21. The standard InChI is InChI=1S/C45H60O13Si/c1-11-45(43(48)51-10)29(2)36(49-8)39(50-9)42(58-45)57-37-35(28-53-59(44(5,6)7,33-23-17-13-18-24-33)34-25-19-14-20-26-34)56-41(55-31(4)47)40(38(37)54-30(3)46)52-27-32-21-15-12-16-22-32/h12-26,29,35-42H,11,27-28H2,1-10H3/t29-,35?,36+,37+,38+,39?,40?,41-,42-,45?/m1/s1. The summed E-state index contributed by atoms with van der Waals surface area (Å²) in [4.78, 5) is 39.5. The molecule has 322 valence electrons. The zero-order valence-electron chi connectivity index (χ0n) is 35.8. The van der Waals surface area contributed by atoms with E-state index in [1.54, 1.807) is 0 Å². The third-order valence-electron chi connectivity index (χ3n) is 11.4. The van der Waals surface area contributed by atoms with Gasteiger partial charge < -0.3 is 47.1 Å². The molecule has 0 bridgehead atoms. The molecule has 0 amide bonds. The summed E-state index contributed by atoms with van der Waals surface area (Å²) in [6.07, 6.45) is -8.82. The molecule has 0 saturated carbocycles. The van der Waals surface area contributed by atoms with Gasteiger partial charge in [0.15, 0.2) is 24.1 Å². The predicted octanol–water partition coefficient (Wildman–Crippen LogP) is 5.10. The van der Waals surface area contributed by atoms with Crippen LogP contribution in [0, 0.1) is 5.92 Å². The average molecular weight is 837 g/mol. The molecule has 0 spiro atoms. The van der Waals surface area contributed by atoms with Crippen LogP contribution >= 0.6 is 0 Å². The fraction of sp³-hybridized carbons (Fsp3) is 0.533. The van der Waals surface area contributed by atoms with E-state index in [4.69, 9.17) is 47.1 Å². The van der Waals surface area contributed by atoms with Gasteiger partial charge in [0.25, 0.3) is 8.32 Å². The molecule has 13 nitrogen and oxygen atoms in total. The first kappa shape index (κ1) is 46.1. The van der Waals surface area contributed by atoms with Gasteiger partial charge in [0.1, 0.15) is 18.3 Å². The van der Waals surface area contributed by atoms with Crippen LogP contribution < -0.4 is 10.4 Å². The van der Waals surface area contributed by atoms with Gasteiger partial charge in [-0.1, -0.05) is 126 Å². The van der Waals surface area contributed by atoms with Crippen LogP contribution in [0.1, 0.15) is 60.5 Å². The molecule has 10 atom stereocenters. The number of hydrogen-bond acceptors (Lipinski definition) is 13. The van der Waals surface area contributed by atoms with Crippen molar-refractivity contribution in [2.75, 3.05) is 27.9 Å². The maximum absolute atomic E-state index is 13.6. The van der Waals surface area contributed by atoms with E-state index >= 15 is 0 Å². The molecular weight excluding hydrogens is 777 g/mol. The van der Waals surface area contributed by atoms with Crippen LogP contribution in [0.4, 0.5) is 0 Å². The second-order valence-electron chi connectivity index (χ2n) is 16.0. The van der Waals surface area contributed by atoms with Gasteiger partial charge in [-0.15, -0.1) is 0 Å². The highest BCUT2D eigenvalue weighted by molar-refractivity contribution is 6.99. The summed E-state index contributed by atoms with van der Waals surface area (Å²) in [5.74, 6) is -2.44. The summed E-state index contributed by atoms with van der Waals surface area (Å²) in [5.41, 5.74) is -0.700. The van der Waals surface area contributed by atoms with Crippen LogP contribution in [0.3, 0.4) is 0 Å². The monoisotopic (exact) mass is 836 g/mol. The van der Waals surface area contributed by atoms with Crippen LogP contribution in [-0.2, 0) is 68.0 Å². The third kappa shape index (κ3) is 9.81. The molecule has 2 fully saturated rings. The second kappa shape index (κ2) is 20.0. The third-order valence-corrected chi connectivity index (χ3v) is 16.4. The molecule has 14 heteroatoms. The van der Waals surface area contributed by atoms with E-state index in [1.165, 1.54) is 35.2 Å². The lowest BCUT2D eigenvalue weighted by atomic mass is 9.77. The molecular formula is C45H60O13Si. The Hall–Kier alpha value is -3.99. The van der Waals surface area contributed by atoms with Crippen molar-refractivity contribution in [3.8, 4) is 0 Å². The van der Waals surface area contributed by atoms with Crippen LogP contribution in [0.2, 0.25) is 5.04 Å². The van der Waals surface area contributed by atoms with Crippen molar-refractivity contribution < 1.29 is 61.4 Å². The van der Waals surface area contributed by atoms with E-state index < -0.39 is 92.0 Å². The molecule has 5 rings (SSSR count). The summed E-state index contributed by atoms with van der Waals surface area (Å²) < 4.78 is 63.4. The minimum Gasteiger partial charge on any atom is -0.467 e. The normalized spacial score (nSPS) is 28.7. The van der Waals surface area contributed by atoms with Crippen LogP contribution in [0.5, 0.6) is 0 Å².